The summed E-state index contributed by atoms with van der Waals surface area (Å²) in [5, 5.41) is 18.0. The van der Waals surface area contributed by atoms with Crippen LogP contribution in [0.1, 0.15) is 45.5 Å². The molecular formula is C14H19N2O4. The zero-order chi connectivity index (χ0) is 15.1. The number of aromatic carboxylic acids is 2. The first-order valence-corrected chi connectivity index (χ1v) is 6.37. The molecule has 1 radical (unpaired) electrons. The Morgan fingerprint density at radius 1 is 1.20 bits per heavy atom. The van der Waals surface area contributed by atoms with Gasteiger partial charge in [-0.25, -0.2) is 9.59 Å². The third kappa shape index (κ3) is 4.64. The van der Waals surface area contributed by atoms with Gasteiger partial charge in [-0.1, -0.05) is 6.42 Å². The number of hydrogen-bond acceptors (Lipinski definition) is 4. The molecule has 0 spiro atoms. The molecule has 1 aromatic carbocycles. The predicted molar refractivity (Wildman–Crippen MR) is 74.6 cm³/mol. The van der Waals surface area contributed by atoms with Crippen LogP contribution in [0.4, 0.5) is 0 Å². The van der Waals surface area contributed by atoms with Crippen molar-refractivity contribution in [2.75, 3.05) is 6.54 Å². The van der Waals surface area contributed by atoms with Gasteiger partial charge in [-0.3, -0.25) is 0 Å². The summed E-state index contributed by atoms with van der Waals surface area (Å²) in [5.41, 5.74) is 11.7. The zero-order valence-electron chi connectivity index (χ0n) is 11.1. The minimum Gasteiger partial charge on any atom is -0.478 e. The minimum atomic E-state index is -1.11. The van der Waals surface area contributed by atoms with Crippen LogP contribution in [0, 0.1) is 6.42 Å². The molecule has 1 aromatic rings. The molecule has 0 unspecified atom stereocenters. The average Bonchev–Trinajstić information content (AvgIpc) is 2.38. The predicted octanol–water partition coefficient (Wildman–Crippen LogP) is 1.09. The molecule has 0 saturated carbocycles. The monoisotopic (exact) mass is 279 g/mol. The molecule has 1 rings (SSSR count). The Kier molecular flexibility index (Phi) is 6.14. The van der Waals surface area contributed by atoms with Crippen LogP contribution in [0.2, 0.25) is 0 Å². The number of rotatable bonds is 8. The molecule has 0 heterocycles. The molecule has 0 aromatic heterocycles. The van der Waals surface area contributed by atoms with Crippen molar-refractivity contribution in [3.63, 3.8) is 0 Å². The van der Waals surface area contributed by atoms with Crippen LogP contribution >= 0.6 is 0 Å². The number of unbranched alkanes of at least 4 members (excludes halogenated alkanes) is 1. The Hall–Kier alpha value is -1.92. The van der Waals surface area contributed by atoms with Crippen molar-refractivity contribution >= 4 is 11.9 Å². The molecule has 6 N–H and O–H groups in total. The topological polar surface area (TPSA) is 127 Å². The summed E-state index contributed by atoms with van der Waals surface area (Å²) in [7, 11) is 0. The van der Waals surface area contributed by atoms with E-state index in [-0.39, 0.29) is 17.2 Å². The van der Waals surface area contributed by atoms with Gasteiger partial charge in [0.25, 0.3) is 0 Å². The van der Waals surface area contributed by atoms with E-state index in [0.717, 1.165) is 12.8 Å². The van der Waals surface area contributed by atoms with Crippen molar-refractivity contribution in [1.82, 2.24) is 0 Å². The highest BCUT2D eigenvalue weighted by atomic mass is 16.4. The van der Waals surface area contributed by atoms with Crippen molar-refractivity contribution in [3.8, 4) is 0 Å². The first-order chi connectivity index (χ1) is 9.45. The lowest BCUT2D eigenvalue weighted by Crippen LogP contribution is -2.22. The highest BCUT2D eigenvalue weighted by Crippen LogP contribution is 2.17. The number of nitrogens with two attached hydrogens (primary N) is 2. The average molecular weight is 279 g/mol. The lowest BCUT2D eigenvalue weighted by Gasteiger charge is -2.13. The second-order valence-electron chi connectivity index (χ2n) is 4.53. The minimum absolute atomic E-state index is 0.0374. The molecule has 0 amide bonds. The van der Waals surface area contributed by atoms with E-state index in [1.54, 1.807) is 6.42 Å². The summed E-state index contributed by atoms with van der Waals surface area (Å²) >= 11 is 0. The molecule has 0 aliphatic rings. The van der Waals surface area contributed by atoms with Gasteiger partial charge in [-0.2, -0.15) is 0 Å². The molecule has 1 atom stereocenters. The van der Waals surface area contributed by atoms with Gasteiger partial charge >= 0.3 is 11.9 Å². The zero-order valence-corrected chi connectivity index (χ0v) is 11.1. The maximum absolute atomic E-state index is 11.1. The van der Waals surface area contributed by atoms with Crippen molar-refractivity contribution in [2.45, 2.75) is 25.3 Å². The van der Waals surface area contributed by atoms with Crippen LogP contribution in [-0.4, -0.2) is 34.7 Å². The Bertz CT molecular complexity index is 488. The third-order valence-corrected chi connectivity index (χ3v) is 2.91. The molecular weight excluding hydrogens is 260 g/mol. The fourth-order valence-corrected chi connectivity index (χ4v) is 1.87. The normalized spacial score (nSPS) is 12.1. The summed E-state index contributed by atoms with van der Waals surface area (Å²) in [4.78, 5) is 22.0. The SMILES string of the molecule is NCCCC[C@H](N)[CH]c1cc(C(=O)O)ccc1C(=O)O. The van der Waals surface area contributed by atoms with E-state index in [4.69, 9.17) is 21.7 Å². The maximum atomic E-state index is 11.1. The van der Waals surface area contributed by atoms with Gasteiger partial charge < -0.3 is 21.7 Å². The number of carboxylic acids is 2. The van der Waals surface area contributed by atoms with E-state index in [9.17, 15) is 9.59 Å². The van der Waals surface area contributed by atoms with Gasteiger partial charge in [0.15, 0.2) is 0 Å². The number of carbonyl (C=O) groups is 2. The highest BCUT2D eigenvalue weighted by Gasteiger charge is 2.16. The molecule has 0 saturated heterocycles. The molecule has 0 aliphatic carbocycles. The van der Waals surface area contributed by atoms with E-state index in [2.05, 4.69) is 0 Å². The second-order valence-corrected chi connectivity index (χ2v) is 4.53. The second kappa shape index (κ2) is 7.62. The molecule has 6 nitrogen and oxygen atoms in total. The molecule has 0 fully saturated rings. The van der Waals surface area contributed by atoms with Crippen LogP contribution in [0.3, 0.4) is 0 Å². The van der Waals surface area contributed by atoms with Crippen molar-refractivity contribution < 1.29 is 19.8 Å². The first kappa shape index (κ1) is 16.1. The fourth-order valence-electron chi connectivity index (χ4n) is 1.87. The quantitative estimate of drug-likeness (QED) is 0.528. The van der Waals surface area contributed by atoms with Crippen LogP contribution in [0.15, 0.2) is 18.2 Å². The van der Waals surface area contributed by atoms with E-state index < -0.39 is 11.9 Å². The standard InChI is InChI=1S/C14H19N2O4/c15-6-2-1-3-11(16)8-10-7-9(13(17)18)4-5-12(10)14(19)20/h4-5,7-8,11H,1-3,6,15-16H2,(H,17,18)(H,19,20)/t11-/m0/s1. The fraction of sp³-hybridized carbons (Fsp3) is 0.357. The van der Waals surface area contributed by atoms with Gasteiger partial charge in [0.05, 0.1) is 11.1 Å². The number of carboxylic acid groups (broad SMARTS) is 2. The Morgan fingerprint density at radius 2 is 1.90 bits per heavy atom. The Labute approximate surface area is 117 Å². The molecule has 0 bridgehead atoms. The summed E-state index contributed by atoms with van der Waals surface area (Å²) in [6.07, 6.45) is 3.96. The van der Waals surface area contributed by atoms with E-state index >= 15 is 0 Å². The van der Waals surface area contributed by atoms with Crippen LogP contribution in [0.25, 0.3) is 0 Å². The molecule has 109 valence electrons. The van der Waals surface area contributed by atoms with Crippen molar-refractivity contribution in [1.29, 1.82) is 0 Å². The third-order valence-electron chi connectivity index (χ3n) is 2.91. The summed E-state index contributed by atoms with van der Waals surface area (Å²) in [6, 6.07) is 3.55. The van der Waals surface area contributed by atoms with Gasteiger partial charge in [-0.15, -0.1) is 0 Å². The smallest absolute Gasteiger partial charge is 0.335 e. The van der Waals surface area contributed by atoms with Crippen molar-refractivity contribution in [2.24, 2.45) is 11.5 Å². The number of benzene rings is 1. The Balaban J connectivity index is 2.87. The summed E-state index contributed by atoms with van der Waals surface area (Å²) in [6.45, 7) is 0.585. The van der Waals surface area contributed by atoms with Crippen LogP contribution in [-0.2, 0) is 0 Å². The molecule has 0 aliphatic heterocycles. The number of hydrogen-bond donors (Lipinski definition) is 4. The first-order valence-electron chi connectivity index (χ1n) is 6.37. The maximum Gasteiger partial charge on any atom is 0.335 e. The van der Waals surface area contributed by atoms with Gasteiger partial charge in [0.1, 0.15) is 0 Å². The van der Waals surface area contributed by atoms with E-state index in [1.807, 2.05) is 0 Å². The largest absolute Gasteiger partial charge is 0.478 e. The van der Waals surface area contributed by atoms with E-state index in [1.165, 1.54) is 18.2 Å². The molecule has 6 heteroatoms. The van der Waals surface area contributed by atoms with Crippen molar-refractivity contribution in [3.05, 3.63) is 41.3 Å². The highest BCUT2D eigenvalue weighted by molar-refractivity contribution is 5.93. The Morgan fingerprint density at radius 3 is 2.45 bits per heavy atom. The lowest BCUT2D eigenvalue weighted by atomic mass is 9.95. The van der Waals surface area contributed by atoms with Gasteiger partial charge in [0, 0.05) is 12.5 Å². The molecule has 20 heavy (non-hydrogen) atoms. The van der Waals surface area contributed by atoms with Crippen LogP contribution < -0.4 is 11.5 Å². The van der Waals surface area contributed by atoms with Gasteiger partial charge in [0.2, 0.25) is 0 Å². The van der Waals surface area contributed by atoms with Crippen LogP contribution in [0.5, 0.6) is 0 Å². The van der Waals surface area contributed by atoms with Gasteiger partial charge in [-0.05, 0) is 43.1 Å². The van der Waals surface area contributed by atoms with E-state index in [0.29, 0.717) is 18.5 Å². The summed E-state index contributed by atoms with van der Waals surface area (Å²) in [5.74, 6) is -2.21. The summed E-state index contributed by atoms with van der Waals surface area (Å²) < 4.78 is 0. The lowest BCUT2D eigenvalue weighted by molar-refractivity contribution is 0.0680.